The highest BCUT2D eigenvalue weighted by Gasteiger charge is 2.39. The molecule has 2 amide bonds. The molecule has 0 saturated heterocycles. The summed E-state index contributed by atoms with van der Waals surface area (Å²) in [6, 6.07) is 15.0. The fraction of sp³-hybridized carbons (Fsp3) is 0.0476. The van der Waals surface area contributed by atoms with E-state index in [0.29, 0.717) is 10.6 Å². The van der Waals surface area contributed by atoms with Crippen LogP contribution in [0.25, 0.3) is 5.57 Å². The number of halogens is 2. The topological polar surface area (TPSA) is 49.4 Å². The maximum atomic E-state index is 14.0. The monoisotopic (exact) mass is 396 g/mol. The van der Waals surface area contributed by atoms with Crippen molar-refractivity contribution in [3.63, 3.8) is 0 Å². The third-order valence-electron chi connectivity index (χ3n) is 4.34. The molecule has 0 unspecified atom stereocenters. The number of anilines is 1. The number of thiophene rings is 1. The van der Waals surface area contributed by atoms with E-state index in [4.69, 9.17) is 0 Å². The van der Waals surface area contributed by atoms with E-state index in [-0.39, 0.29) is 23.4 Å². The summed E-state index contributed by atoms with van der Waals surface area (Å²) in [4.78, 5) is 27.7. The second kappa shape index (κ2) is 7.36. The van der Waals surface area contributed by atoms with Gasteiger partial charge in [-0.15, -0.1) is 11.3 Å². The first-order valence-corrected chi connectivity index (χ1v) is 9.33. The summed E-state index contributed by atoms with van der Waals surface area (Å²) >= 11 is 1.32. The van der Waals surface area contributed by atoms with Crippen LogP contribution in [0.5, 0.6) is 0 Å². The zero-order chi connectivity index (χ0) is 19.7. The van der Waals surface area contributed by atoms with Gasteiger partial charge >= 0.3 is 0 Å². The molecule has 1 N–H and O–H groups in total. The predicted molar refractivity (Wildman–Crippen MR) is 103 cm³/mol. The molecular formula is C21H14F2N2O2S. The summed E-state index contributed by atoms with van der Waals surface area (Å²) in [5, 5.41) is 4.73. The number of imide groups is 1. The summed E-state index contributed by atoms with van der Waals surface area (Å²) in [5.41, 5.74) is 1.04. The molecule has 4 nitrogen and oxygen atoms in total. The number of carbonyl (C=O) groups is 2. The van der Waals surface area contributed by atoms with E-state index < -0.39 is 23.4 Å². The lowest BCUT2D eigenvalue weighted by atomic mass is 10.1. The molecule has 140 valence electrons. The van der Waals surface area contributed by atoms with E-state index >= 15 is 0 Å². The Kier molecular flexibility index (Phi) is 4.75. The lowest BCUT2D eigenvalue weighted by Crippen LogP contribution is -2.32. The zero-order valence-corrected chi connectivity index (χ0v) is 15.3. The van der Waals surface area contributed by atoms with Crippen LogP contribution in [0.2, 0.25) is 0 Å². The highest BCUT2D eigenvalue weighted by molar-refractivity contribution is 7.11. The molecule has 4 rings (SSSR count). The van der Waals surface area contributed by atoms with Crippen LogP contribution in [-0.2, 0) is 16.1 Å². The average Bonchev–Trinajstić information content (AvgIpc) is 3.28. The molecule has 0 spiro atoms. The van der Waals surface area contributed by atoms with E-state index in [2.05, 4.69) is 5.32 Å². The molecule has 0 saturated carbocycles. The van der Waals surface area contributed by atoms with Crippen molar-refractivity contribution in [2.45, 2.75) is 6.54 Å². The third-order valence-corrected chi connectivity index (χ3v) is 5.22. The Morgan fingerprint density at radius 1 is 0.893 bits per heavy atom. The van der Waals surface area contributed by atoms with Gasteiger partial charge in [-0.2, -0.15) is 0 Å². The second-order valence-electron chi connectivity index (χ2n) is 6.15. The molecule has 0 aliphatic carbocycles. The molecule has 0 fully saturated rings. The van der Waals surface area contributed by atoms with Crippen molar-refractivity contribution in [3.8, 4) is 0 Å². The molecule has 2 heterocycles. The standard InChI is InChI=1S/C21H14F2N2O2S/c22-14-7-9-15(10-8-14)24-19-18(17-6-3-11-28-17)20(26)25(21(19)27)12-13-4-1-2-5-16(13)23/h1-11,24H,12H2. The number of nitrogens with one attached hydrogen (secondary N) is 1. The quantitative estimate of drug-likeness (QED) is 0.650. The van der Waals surface area contributed by atoms with Crippen LogP contribution < -0.4 is 5.32 Å². The van der Waals surface area contributed by atoms with Gasteiger partial charge in [0.05, 0.1) is 12.1 Å². The number of nitrogens with zero attached hydrogens (tertiary/aromatic N) is 1. The Morgan fingerprint density at radius 3 is 2.32 bits per heavy atom. The Balaban J connectivity index is 1.71. The van der Waals surface area contributed by atoms with E-state index in [1.165, 1.54) is 47.7 Å². The van der Waals surface area contributed by atoms with Gasteiger partial charge in [0.2, 0.25) is 0 Å². The highest BCUT2D eigenvalue weighted by atomic mass is 32.1. The minimum absolute atomic E-state index is 0.0930. The minimum atomic E-state index is -0.555. The number of benzene rings is 2. The fourth-order valence-electron chi connectivity index (χ4n) is 2.96. The number of rotatable bonds is 5. The van der Waals surface area contributed by atoms with Gasteiger partial charge in [0.25, 0.3) is 11.8 Å². The molecule has 1 aliphatic heterocycles. The second-order valence-corrected chi connectivity index (χ2v) is 7.09. The molecule has 0 radical (unpaired) electrons. The molecule has 1 aromatic heterocycles. The van der Waals surface area contributed by atoms with E-state index in [9.17, 15) is 18.4 Å². The normalized spacial score (nSPS) is 14.1. The van der Waals surface area contributed by atoms with Crippen molar-refractivity contribution < 1.29 is 18.4 Å². The minimum Gasteiger partial charge on any atom is -0.350 e. The maximum Gasteiger partial charge on any atom is 0.278 e. The van der Waals surface area contributed by atoms with E-state index in [1.807, 2.05) is 0 Å². The average molecular weight is 396 g/mol. The zero-order valence-electron chi connectivity index (χ0n) is 14.5. The summed E-state index contributed by atoms with van der Waals surface area (Å²) in [5.74, 6) is -1.95. The van der Waals surface area contributed by atoms with Crippen LogP contribution in [0.1, 0.15) is 10.4 Å². The van der Waals surface area contributed by atoms with Crippen LogP contribution in [0.4, 0.5) is 14.5 Å². The van der Waals surface area contributed by atoms with Crippen LogP contribution in [0, 0.1) is 11.6 Å². The number of hydrogen-bond donors (Lipinski definition) is 1. The van der Waals surface area contributed by atoms with Crippen molar-refractivity contribution in [1.29, 1.82) is 0 Å². The molecule has 7 heteroatoms. The predicted octanol–water partition coefficient (Wildman–Crippen LogP) is 4.42. The van der Waals surface area contributed by atoms with Gasteiger partial charge in [0, 0.05) is 16.1 Å². The van der Waals surface area contributed by atoms with E-state index in [0.717, 1.165) is 4.90 Å². The van der Waals surface area contributed by atoms with Crippen molar-refractivity contribution >= 4 is 34.4 Å². The Bertz CT molecular complexity index is 1080. The lowest BCUT2D eigenvalue weighted by Gasteiger charge is -2.15. The molecule has 1 aliphatic rings. The summed E-state index contributed by atoms with van der Waals surface area (Å²) in [7, 11) is 0. The maximum absolute atomic E-state index is 14.0. The molecule has 0 atom stereocenters. The Hall–Kier alpha value is -3.32. The van der Waals surface area contributed by atoms with Crippen LogP contribution in [-0.4, -0.2) is 16.7 Å². The Labute approximate surface area is 163 Å². The largest absolute Gasteiger partial charge is 0.350 e. The molecule has 2 aromatic carbocycles. The van der Waals surface area contributed by atoms with Crippen LogP contribution >= 0.6 is 11.3 Å². The smallest absolute Gasteiger partial charge is 0.278 e. The van der Waals surface area contributed by atoms with Gasteiger partial charge in [-0.1, -0.05) is 24.3 Å². The first kappa shape index (κ1) is 18.1. The first-order valence-electron chi connectivity index (χ1n) is 8.45. The molecule has 0 bridgehead atoms. The summed E-state index contributed by atoms with van der Waals surface area (Å²) in [6.07, 6.45) is 0. The van der Waals surface area contributed by atoms with Crippen molar-refractivity contribution in [1.82, 2.24) is 4.90 Å². The summed E-state index contributed by atoms with van der Waals surface area (Å²) in [6.45, 7) is -0.173. The van der Waals surface area contributed by atoms with Gasteiger partial charge in [0.15, 0.2) is 0 Å². The highest BCUT2D eigenvalue weighted by Crippen LogP contribution is 2.33. The van der Waals surface area contributed by atoms with Gasteiger partial charge in [-0.05, 0) is 41.8 Å². The lowest BCUT2D eigenvalue weighted by molar-refractivity contribution is -0.137. The number of carbonyl (C=O) groups excluding carboxylic acids is 2. The van der Waals surface area contributed by atoms with Crippen molar-refractivity contribution in [3.05, 3.63) is 93.8 Å². The van der Waals surface area contributed by atoms with Crippen LogP contribution in [0.3, 0.4) is 0 Å². The molecule has 3 aromatic rings. The Morgan fingerprint density at radius 2 is 1.64 bits per heavy atom. The molecular weight excluding hydrogens is 382 g/mol. The number of hydrogen-bond acceptors (Lipinski definition) is 4. The van der Waals surface area contributed by atoms with E-state index in [1.54, 1.807) is 29.6 Å². The van der Waals surface area contributed by atoms with Crippen molar-refractivity contribution in [2.75, 3.05) is 5.32 Å². The van der Waals surface area contributed by atoms with Crippen molar-refractivity contribution in [2.24, 2.45) is 0 Å². The van der Waals surface area contributed by atoms with Gasteiger partial charge in [-0.25, -0.2) is 8.78 Å². The van der Waals surface area contributed by atoms with Gasteiger partial charge < -0.3 is 5.32 Å². The third kappa shape index (κ3) is 3.32. The van der Waals surface area contributed by atoms with Gasteiger partial charge in [0.1, 0.15) is 17.3 Å². The fourth-order valence-corrected chi connectivity index (χ4v) is 3.73. The van der Waals surface area contributed by atoms with Crippen LogP contribution in [0.15, 0.2) is 71.7 Å². The SMILES string of the molecule is O=C1C(Nc2ccc(F)cc2)=C(c2cccs2)C(=O)N1Cc1ccccc1F. The first-order chi connectivity index (χ1) is 13.5. The summed E-state index contributed by atoms with van der Waals surface area (Å²) < 4.78 is 27.2. The van der Waals surface area contributed by atoms with Gasteiger partial charge in [-0.3, -0.25) is 14.5 Å². The number of amides is 2. The molecule has 28 heavy (non-hydrogen) atoms.